The standard InChI is InChI=1S/C42H47N3O10/c1-43-18-17-28(9-5-8-26-6-3-2-4-7-26)30(20-27-16-19-44-22-27)23-45-25-42(52)39(49)37(48)38(40(50)51)55-41(42)54-32-14-15-33-35(21-32)53-24-34(36(33)47)29-10-12-31(46)13-11-29/h2-8,10-16,19,21-22,24,28,30,37-39,41,43-46,48-49,52H,9,17-18,20,23,25H2,1H3,(H,50,51). The van der Waals surface area contributed by atoms with Crippen LogP contribution in [0.15, 0.2) is 113 Å². The quantitative estimate of drug-likeness (QED) is 0.0681. The first kappa shape index (κ1) is 39.4. The van der Waals surface area contributed by atoms with E-state index in [9.17, 15) is 35.1 Å². The van der Waals surface area contributed by atoms with Gasteiger partial charge in [-0.25, -0.2) is 4.79 Å². The molecule has 0 radical (unpaired) electrons. The van der Waals surface area contributed by atoms with Gasteiger partial charge in [0.25, 0.3) is 0 Å². The molecule has 0 bridgehead atoms. The van der Waals surface area contributed by atoms with Crippen LogP contribution < -0.4 is 20.8 Å². The number of carboxylic acid groups (broad SMARTS) is 1. The molecule has 1 aliphatic heterocycles. The van der Waals surface area contributed by atoms with Crippen LogP contribution in [0.1, 0.15) is 24.0 Å². The van der Waals surface area contributed by atoms with Crippen LogP contribution in [0, 0.1) is 11.8 Å². The summed E-state index contributed by atoms with van der Waals surface area (Å²) in [7, 11) is 1.91. The molecule has 7 atom stereocenters. The number of fused-ring (bicyclic) bond motifs is 1. The average molecular weight is 754 g/mol. The maximum atomic E-state index is 13.3. The van der Waals surface area contributed by atoms with E-state index < -0.39 is 36.2 Å². The largest absolute Gasteiger partial charge is 0.508 e. The average Bonchev–Trinajstić information content (AvgIpc) is 3.70. The number of allylic oxidation sites excluding steroid dienone is 1. The van der Waals surface area contributed by atoms with Gasteiger partial charge >= 0.3 is 5.97 Å². The van der Waals surface area contributed by atoms with Crippen molar-refractivity contribution in [3.05, 3.63) is 125 Å². The predicted octanol–water partition coefficient (Wildman–Crippen LogP) is 3.91. The lowest BCUT2D eigenvalue weighted by Gasteiger charge is -2.47. The smallest absolute Gasteiger partial charge is 0.335 e. The summed E-state index contributed by atoms with van der Waals surface area (Å²) in [6, 6.07) is 22.4. The molecule has 3 heterocycles. The molecule has 13 nitrogen and oxygen atoms in total. The number of carbonyl (C=O) groups is 1. The second-order valence-electron chi connectivity index (χ2n) is 14.0. The molecular weight excluding hydrogens is 706 g/mol. The topological polar surface area (TPSA) is 207 Å². The van der Waals surface area contributed by atoms with Crippen molar-refractivity contribution in [1.29, 1.82) is 0 Å². The lowest BCUT2D eigenvalue weighted by Crippen LogP contribution is -2.71. The van der Waals surface area contributed by atoms with Gasteiger partial charge in [0.2, 0.25) is 6.29 Å². The SMILES string of the molecule is CNCCC(CC=Cc1ccccc1)C(CNCC1(O)C(Oc2ccc3c(=O)c(-c4ccc(O)cc4)coc3c2)OC(C(=O)O)C(O)C1O)Cc1cc[nH]c1. The number of aromatic amines is 1. The normalized spacial score (nSPS) is 22.5. The first-order chi connectivity index (χ1) is 26.6. The van der Waals surface area contributed by atoms with Crippen molar-refractivity contribution in [2.24, 2.45) is 11.8 Å². The number of benzene rings is 3. The summed E-state index contributed by atoms with van der Waals surface area (Å²) in [4.78, 5) is 28.5. The fourth-order valence-electron chi connectivity index (χ4n) is 7.07. The molecule has 8 N–H and O–H groups in total. The zero-order chi connectivity index (χ0) is 39.0. The lowest BCUT2D eigenvalue weighted by molar-refractivity contribution is -0.311. The summed E-state index contributed by atoms with van der Waals surface area (Å²) < 4.78 is 17.5. The fourth-order valence-corrected chi connectivity index (χ4v) is 7.07. The third-order valence-corrected chi connectivity index (χ3v) is 10.2. The minimum absolute atomic E-state index is 0.0480. The zero-order valence-electron chi connectivity index (χ0n) is 30.4. The van der Waals surface area contributed by atoms with Crippen LogP contribution in [0.3, 0.4) is 0 Å². The molecule has 1 fully saturated rings. The molecule has 0 amide bonds. The van der Waals surface area contributed by atoms with Gasteiger partial charge in [-0.1, -0.05) is 54.6 Å². The van der Waals surface area contributed by atoms with Crippen molar-refractivity contribution in [2.45, 2.75) is 49.5 Å². The van der Waals surface area contributed by atoms with E-state index in [4.69, 9.17) is 13.9 Å². The van der Waals surface area contributed by atoms with Crippen LogP contribution in [-0.2, 0) is 16.0 Å². The van der Waals surface area contributed by atoms with E-state index in [0.717, 1.165) is 30.5 Å². The minimum atomic E-state index is -2.32. The molecule has 55 heavy (non-hydrogen) atoms. The van der Waals surface area contributed by atoms with Gasteiger partial charge in [-0.3, -0.25) is 4.79 Å². The third-order valence-electron chi connectivity index (χ3n) is 10.2. The van der Waals surface area contributed by atoms with E-state index in [1.165, 1.54) is 36.6 Å². The highest BCUT2D eigenvalue weighted by atomic mass is 16.7. The van der Waals surface area contributed by atoms with E-state index in [-0.39, 0.29) is 51.8 Å². The second kappa shape index (κ2) is 17.9. The number of hydrogen-bond donors (Lipinski definition) is 8. The summed E-state index contributed by atoms with van der Waals surface area (Å²) in [6.45, 7) is 0.846. The Morgan fingerprint density at radius 1 is 1.05 bits per heavy atom. The van der Waals surface area contributed by atoms with Crippen LogP contribution in [-0.4, -0.2) is 93.4 Å². The van der Waals surface area contributed by atoms with Crippen LogP contribution in [0.4, 0.5) is 0 Å². The maximum absolute atomic E-state index is 13.3. The predicted molar refractivity (Wildman–Crippen MR) is 206 cm³/mol. The number of aromatic hydroxyl groups is 1. The van der Waals surface area contributed by atoms with E-state index in [2.05, 4.69) is 27.8 Å². The number of aliphatic carboxylic acids is 1. The number of carboxylic acids is 1. The maximum Gasteiger partial charge on any atom is 0.335 e. The Kier molecular flexibility index (Phi) is 12.8. The molecule has 1 aliphatic rings. The highest BCUT2D eigenvalue weighted by Crippen LogP contribution is 2.34. The molecule has 5 aromatic rings. The van der Waals surface area contributed by atoms with Gasteiger partial charge in [0.1, 0.15) is 35.6 Å². The second-order valence-corrected chi connectivity index (χ2v) is 14.0. The molecule has 7 unspecified atom stereocenters. The Balaban J connectivity index is 1.23. The number of aliphatic hydroxyl groups is 3. The summed E-state index contributed by atoms with van der Waals surface area (Å²) in [5.74, 6) is -1.19. The highest BCUT2D eigenvalue weighted by Gasteiger charge is 2.58. The lowest BCUT2D eigenvalue weighted by atomic mass is 9.82. The minimum Gasteiger partial charge on any atom is -0.508 e. The Morgan fingerprint density at radius 2 is 1.84 bits per heavy atom. The molecule has 0 aliphatic carbocycles. The number of H-pyrrole nitrogens is 1. The van der Waals surface area contributed by atoms with Crippen LogP contribution in [0.25, 0.3) is 28.2 Å². The Bertz CT molecular complexity index is 2090. The van der Waals surface area contributed by atoms with Crippen molar-refractivity contribution in [3.63, 3.8) is 0 Å². The molecule has 2 aromatic heterocycles. The van der Waals surface area contributed by atoms with Gasteiger partial charge in [0, 0.05) is 25.0 Å². The van der Waals surface area contributed by atoms with E-state index >= 15 is 0 Å². The van der Waals surface area contributed by atoms with E-state index in [1.807, 2.05) is 55.8 Å². The number of hydrogen-bond acceptors (Lipinski definition) is 11. The van der Waals surface area contributed by atoms with Gasteiger partial charge in [-0.15, -0.1) is 0 Å². The van der Waals surface area contributed by atoms with Crippen molar-refractivity contribution in [2.75, 3.05) is 26.7 Å². The van der Waals surface area contributed by atoms with Crippen LogP contribution in [0.5, 0.6) is 11.5 Å². The van der Waals surface area contributed by atoms with Crippen molar-refractivity contribution in [1.82, 2.24) is 15.6 Å². The Morgan fingerprint density at radius 3 is 2.55 bits per heavy atom. The van der Waals surface area contributed by atoms with Crippen LogP contribution >= 0.6 is 0 Å². The van der Waals surface area contributed by atoms with Gasteiger partial charge < -0.3 is 55.0 Å². The number of ether oxygens (including phenoxy) is 2. The van der Waals surface area contributed by atoms with Crippen molar-refractivity contribution >= 4 is 23.0 Å². The summed E-state index contributed by atoms with van der Waals surface area (Å²) in [6.07, 6.45) is 4.08. The van der Waals surface area contributed by atoms with Gasteiger partial charge in [-0.05, 0) is 98.3 Å². The Labute approximate surface area is 317 Å². The van der Waals surface area contributed by atoms with Crippen molar-refractivity contribution < 1.29 is 44.2 Å². The number of phenolic OH excluding ortho intramolecular Hbond substituents is 1. The number of rotatable bonds is 17. The zero-order valence-corrected chi connectivity index (χ0v) is 30.4. The molecule has 13 heteroatoms. The number of phenols is 1. The summed E-state index contributed by atoms with van der Waals surface area (Å²) >= 11 is 0. The summed E-state index contributed by atoms with van der Waals surface area (Å²) in [5, 5.41) is 60.4. The number of aromatic nitrogens is 1. The van der Waals surface area contributed by atoms with Crippen LogP contribution in [0.2, 0.25) is 0 Å². The first-order valence-corrected chi connectivity index (χ1v) is 18.2. The van der Waals surface area contributed by atoms with Gasteiger partial charge in [0.15, 0.2) is 17.1 Å². The van der Waals surface area contributed by atoms with E-state index in [1.54, 1.807) is 12.1 Å². The third kappa shape index (κ3) is 9.34. The van der Waals surface area contributed by atoms with Crippen molar-refractivity contribution in [3.8, 4) is 22.6 Å². The molecule has 0 spiro atoms. The molecular formula is C42H47N3O10. The van der Waals surface area contributed by atoms with E-state index in [0.29, 0.717) is 18.5 Å². The first-order valence-electron chi connectivity index (χ1n) is 18.2. The number of nitrogens with one attached hydrogen (secondary N) is 3. The molecule has 290 valence electrons. The highest BCUT2D eigenvalue weighted by molar-refractivity contribution is 5.82. The molecule has 3 aromatic carbocycles. The Hall–Kier alpha value is -5.28. The number of aliphatic hydroxyl groups excluding tert-OH is 2. The molecule has 0 saturated carbocycles. The monoisotopic (exact) mass is 753 g/mol. The van der Waals surface area contributed by atoms with Gasteiger partial charge in [0.05, 0.1) is 10.9 Å². The summed E-state index contributed by atoms with van der Waals surface area (Å²) in [5.41, 5.74) is 0.494. The molecule has 1 saturated heterocycles. The molecule has 6 rings (SSSR count). The fraction of sp³-hybridized carbons (Fsp3) is 0.333. The van der Waals surface area contributed by atoms with Gasteiger partial charge in [-0.2, -0.15) is 0 Å².